The highest BCUT2D eigenvalue weighted by Gasteiger charge is 2.39. The van der Waals surface area contributed by atoms with E-state index in [0.29, 0.717) is 42.7 Å². The standard InChI is InChI=1S/C17H20FN5O2/c1-17(18)5-2-3-13(17)21-15-11(16(19)25)8-20-23-9-10(7-12(15)23)22-6-4-14(22)24/h7-9,13,21H,2-6H2,1H3,(H2,19,25). The number of rotatable bonds is 4. The number of anilines is 2. The number of alkyl halides is 1. The molecule has 2 aromatic rings. The van der Waals surface area contributed by atoms with Crippen molar-refractivity contribution < 1.29 is 14.0 Å². The van der Waals surface area contributed by atoms with E-state index in [9.17, 15) is 14.0 Å². The first-order chi connectivity index (χ1) is 11.9. The molecule has 25 heavy (non-hydrogen) atoms. The van der Waals surface area contributed by atoms with Crippen LogP contribution in [0, 0.1) is 0 Å². The molecule has 2 unspecified atom stereocenters. The van der Waals surface area contributed by atoms with Gasteiger partial charge in [0.2, 0.25) is 5.91 Å². The molecule has 2 aromatic heterocycles. The van der Waals surface area contributed by atoms with Gasteiger partial charge >= 0.3 is 0 Å². The van der Waals surface area contributed by atoms with Crippen molar-refractivity contribution in [3.05, 3.63) is 24.0 Å². The van der Waals surface area contributed by atoms with Crippen molar-refractivity contribution in [2.45, 2.75) is 44.3 Å². The van der Waals surface area contributed by atoms with E-state index in [0.717, 1.165) is 6.42 Å². The van der Waals surface area contributed by atoms with Gasteiger partial charge in [0.15, 0.2) is 0 Å². The lowest BCUT2D eigenvalue weighted by atomic mass is 10.0. The summed E-state index contributed by atoms with van der Waals surface area (Å²) in [6.45, 7) is 2.23. The lowest BCUT2D eigenvalue weighted by molar-refractivity contribution is -0.122. The summed E-state index contributed by atoms with van der Waals surface area (Å²) in [6.07, 6.45) is 5.58. The first-order valence-corrected chi connectivity index (χ1v) is 8.44. The first kappa shape index (κ1) is 15.9. The Morgan fingerprint density at radius 2 is 2.32 bits per heavy atom. The number of carbonyl (C=O) groups is 2. The van der Waals surface area contributed by atoms with Gasteiger partial charge in [-0.25, -0.2) is 8.91 Å². The third-order valence-electron chi connectivity index (χ3n) is 5.25. The normalized spacial score (nSPS) is 26.1. The second-order valence-electron chi connectivity index (χ2n) is 6.99. The van der Waals surface area contributed by atoms with Crippen LogP contribution in [0.4, 0.5) is 15.8 Å². The summed E-state index contributed by atoms with van der Waals surface area (Å²) in [6, 6.07) is 1.38. The van der Waals surface area contributed by atoms with E-state index in [1.807, 2.05) is 0 Å². The molecule has 3 heterocycles. The predicted octanol–water partition coefficient (Wildman–Crippen LogP) is 1.86. The van der Waals surface area contributed by atoms with Gasteiger partial charge in [-0.15, -0.1) is 0 Å². The number of nitrogens with one attached hydrogen (secondary N) is 1. The average Bonchev–Trinajstić information content (AvgIpc) is 3.09. The third kappa shape index (κ3) is 2.52. The van der Waals surface area contributed by atoms with Crippen molar-refractivity contribution in [3.63, 3.8) is 0 Å². The Kier molecular flexibility index (Phi) is 3.45. The molecule has 2 fully saturated rings. The molecule has 0 aromatic carbocycles. The summed E-state index contributed by atoms with van der Waals surface area (Å²) in [4.78, 5) is 25.2. The van der Waals surface area contributed by atoms with E-state index in [1.54, 1.807) is 28.6 Å². The molecular formula is C17H20FN5O2. The van der Waals surface area contributed by atoms with Gasteiger partial charge in [0.05, 0.1) is 40.9 Å². The van der Waals surface area contributed by atoms with E-state index in [4.69, 9.17) is 5.73 Å². The van der Waals surface area contributed by atoms with Crippen molar-refractivity contribution in [1.29, 1.82) is 0 Å². The number of aromatic nitrogens is 2. The molecule has 1 aliphatic heterocycles. The Morgan fingerprint density at radius 3 is 2.88 bits per heavy atom. The molecule has 2 amide bonds. The Morgan fingerprint density at radius 1 is 1.52 bits per heavy atom. The SMILES string of the molecule is CC1(F)CCCC1Nc1c(C(N)=O)cnn2cc(N3CCC3=O)cc12. The van der Waals surface area contributed by atoms with Crippen LogP contribution in [0.3, 0.4) is 0 Å². The second-order valence-corrected chi connectivity index (χ2v) is 6.99. The van der Waals surface area contributed by atoms with Gasteiger partial charge in [-0.3, -0.25) is 9.59 Å². The number of nitrogens with two attached hydrogens (primary N) is 1. The maximum atomic E-state index is 14.7. The number of nitrogens with zero attached hydrogens (tertiary/aromatic N) is 3. The van der Waals surface area contributed by atoms with Crippen LogP contribution in [0.25, 0.3) is 5.52 Å². The minimum absolute atomic E-state index is 0.0488. The molecule has 4 rings (SSSR count). The van der Waals surface area contributed by atoms with Crippen LogP contribution < -0.4 is 16.0 Å². The Labute approximate surface area is 144 Å². The molecule has 132 valence electrons. The fraction of sp³-hybridized carbons (Fsp3) is 0.471. The van der Waals surface area contributed by atoms with E-state index in [2.05, 4.69) is 10.4 Å². The molecule has 0 radical (unpaired) electrons. The van der Waals surface area contributed by atoms with Crippen LogP contribution in [-0.4, -0.2) is 39.7 Å². The second kappa shape index (κ2) is 5.44. The van der Waals surface area contributed by atoms with Crippen molar-refractivity contribution in [2.75, 3.05) is 16.8 Å². The fourth-order valence-electron chi connectivity index (χ4n) is 3.64. The molecule has 3 N–H and O–H groups in total. The van der Waals surface area contributed by atoms with E-state index in [1.165, 1.54) is 6.20 Å². The maximum absolute atomic E-state index is 14.7. The van der Waals surface area contributed by atoms with Crippen molar-refractivity contribution >= 4 is 28.7 Å². The minimum atomic E-state index is -1.35. The number of hydrogen-bond donors (Lipinski definition) is 2. The molecular weight excluding hydrogens is 325 g/mol. The van der Waals surface area contributed by atoms with Crippen LogP contribution in [0.15, 0.2) is 18.5 Å². The van der Waals surface area contributed by atoms with E-state index in [-0.39, 0.29) is 11.5 Å². The number of primary amides is 1. The van der Waals surface area contributed by atoms with Crippen LogP contribution in [0.1, 0.15) is 43.0 Å². The Balaban J connectivity index is 1.79. The Hall–Kier alpha value is -2.64. The molecule has 1 aliphatic carbocycles. The molecule has 1 saturated carbocycles. The smallest absolute Gasteiger partial charge is 0.252 e. The predicted molar refractivity (Wildman–Crippen MR) is 91.5 cm³/mol. The number of carbonyl (C=O) groups excluding carboxylic acids is 2. The molecule has 1 saturated heterocycles. The van der Waals surface area contributed by atoms with Gasteiger partial charge in [0.25, 0.3) is 5.91 Å². The van der Waals surface area contributed by atoms with Crippen LogP contribution in [0.2, 0.25) is 0 Å². The Bertz CT molecular complexity index is 875. The van der Waals surface area contributed by atoms with E-state index < -0.39 is 17.6 Å². The number of amides is 2. The van der Waals surface area contributed by atoms with Crippen LogP contribution in [0.5, 0.6) is 0 Å². The summed E-state index contributed by atoms with van der Waals surface area (Å²) < 4.78 is 16.3. The van der Waals surface area contributed by atoms with Gasteiger partial charge < -0.3 is 16.0 Å². The maximum Gasteiger partial charge on any atom is 0.252 e. The molecule has 7 nitrogen and oxygen atoms in total. The molecule has 2 aliphatic rings. The van der Waals surface area contributed by atoms with Crippen molar-refractivity contribution in [3.8, 4) is 0 Å². The number of fused-ring (bicyclic) bond motifs is 1. The molecule has 2 atom stereocenters. The molecule has 0 spiro atoms. The largest absolute Gasteiger partial charge is 0.377 e. The number of halogens is 1. The van der Waals surface area contributed by atoms with Gasteiger partial charge in [-0.1, -0.05) is 0 Å². The highest BCUT2D eigenvalue weighted by atomic mass is 19.1. The quantitative estimate of drug-likeness (QED) is 0.827. The third-order valence-corrected chi connectivity index (χ3v) is 5.25. The monoisotopic (exact) mass is 345 g/mol. The fourth-order valence-corrected chi connectivity index (χ4v) is 3.64. The van der Waals surface area contributed by atoms with Gasteiger partial charge in [-0.05, 0) is 32.3 Å². The minimum Gasteiger partial charge on any atom is -0.377 e. The van der Waals surface area contributed by atoms with E-state index >= 15 is 0 Å². The summed E-state index contributed by atoms with van der Waals surface area (Å²) in [7, 11) is 0. The first-order valence-electron chi connectivity index (χ1n) is 8.44. The summed E-state index contributed by atoms with van der Waals surface area (Å²) in [5, 5.41) is 7.39. The zero-order chi connectivity index (χ0) is 17.8. The summed E-state index contributed by atoms with van der Waals surface area (Å²) in [5.41, 5.74) is 6.14. The lowest BCUT2D eigenvalue weighted by Crippen LogP contribution is -2.43. The van der Waals surface area contributed by atoms with Crippen LogP contribution >= 0.6 is 0 Å². The summed E-state index contributed by atoms with van der Waals surface area (Å²) in [5.74, 6) is -0.577. The topological polar surface area (TPSA) is 92.7 Å². The molecule has 0 bridgehead atoms. The highest BCUT2D eigenvalue weighted by molar-refractivity contribution is 6.04. The average molecular weight is 345 g/mol. The lowest BCUT2D eigenvalue weighted by Gasteiger charge is -2.29. The van der Waals surface area contributed by atoms with Gasteiger partial charge in [-0.2, -0.15) is 5.10 Å². The highest BCUT2D eigenvalue weighted by Crippen LogP contribution is 2.37. The van der Waals surface area contributed by atoms with Crippen molar-refractivity contribution in [1.82, 2.24) is 9.61 Å². The number of β-lactam (4-membered cyclic amide) rings is 1. The number of hydrogen-bond acceptors (Lipinski definition) is 4. The summed E-state index contributed by atoms with van der Waals surface area (Å²) >= 11 is 0. The van der Waals surface area contributed by atoms with Crippen molar-refractivity contribution in [2.24, 2.45) is 5.73 Å². The van der Waals surface area contributed by atoms with Gasteiger partial charge in [0, 0.05) is 13.0 Å². The van der Waals surface area contributed by atoms with Crippen LogP contribution in [-0.2, 0) is 4.79 Å². The zero-order valence-corrected chi connectivity index (χ0v) is 14.0. The zero-order valence-electron chi connectivity index (χ0n) is 14.0. The molecule has 8 heteroatoms. The van der Waals surface area contributed by atoms with Gasteiger partial charge in [0.1, 0.15) is 5.67 Å².